The zero-order chi connectivity index (χ0) is 16.7. The van der Waals surface area contributed by atoms with Crippen LogP contribution in [-0.4, -0.2) is 11.6 Å². The molecule has 0 unspecified atom stereocenters. The third kappa shape index (κ3) is 3.07. The number of rotatable bonds is 7. The molecule has 0 radical (unpaired) electrons. The van der Waals surface area contributed by atoms with E-state index in [-0.39, 0.29) is 17.0 Å². The summed E-state index contributed by atoms with van der Waals surface area (Å²) in [5, 5.41) is 0. The van der Waals surface area contributed by atoms with E-state index in [4.69, 9.17) is 4.74 Å². The van der Waals surface area contributed by atoms with Gasteiger partial charge in [-0.1, -0.05) is 26.7 Å². The van der Waals surface area contributed by atoms with Crippen molar-refractivity contribution in [2.24, 2.45) is 29.1 Å². The van der Waals surface area contributed by atoms with Gasteiger partial charge in [-0.15, -0.1) is 0 Å². The molecule has 0 aromatic rings. The lowest BCUT2D eigenvalue weighted by atomic mass is 9.49. The normalized spacial score (nSPS) is 38.8. The number of ether oxygens (including phenoxy) is 1. The largest absolute Gasteiger partial charge is 0.458 e. The second-order valence-electron chi connectivity index (χ2n) is 9.34. The molecular weight excluding hydrogens is 284 g/mol. The maximum absolute atomic E-state index is 12.9. The lowest BCUT2D eigenvalue weighted by molar-refractivity contribution is -0.220. The molecule has 4 saturated carbocycles. The van der Waals surface area contributed by atoms with Crippen LogP contribution in [0, 0.1) is 29.1 Å². The Balaban J connectivity index is 1.82. The number of hydrogen-bond acceptors (Lipinski definition) is 2. The topological polar surface area (TPSA) is 26.3 Å². The van der Waals surface area contributed by atoms with Gasteiger partial charge in [0.15, 0.2) is 0 Å². The number of hydrogen-bond donors (Lipinski definition) is 0. The smallest absolute Gasteiger partial charge is 0.312 e. The van der Waals surface area contributed by atoms with Crippen LogP contribution >= 0.6 is 0 Å². The predicted molar refractivity (Wildman–Crippen MR) is 94.1 cm³/mol. The summed E-state index contributed by atoms with van der Waals surface area (Å²) >= 11 is 0. The molecule has 0 atom stereocenters. The molecule has 2 nitrogen and oxygen atoms in total. The molecule has 0 aliphatic heterocycles. The van der Waals surface area contributed by atoms with Crippen molar-refractivity contribution in [1.29, 1.82) is 0 Å². The Kier molecular flexibility index (Phi) is 4.82. The maximum atomic E-state index is 12.9. The molecule has 0 N–H and O–H groups in total. The monoisotopic (exact) mass is 320 g/mol. The molecule has 0 spiro atoms. The first-order chi connectivity index (χ1) is 10.9. The fourth-order valence-corrected chi connectivity index (χ4v) is 5.71. The second-order valence-corrected chi connectivity index (χ2v) is 9.34. The molecule has 0 aromatic heterocycles. The first-order valence-corrected chi connectivity index (χ1v) is 10.1. The van der Waals surface area contributed by atoms with Gasteiger partial charge in [-0.3, -0.25) is 4.79 Å². The average molecular weight is 321 g/mol. The van der Waals surface area contributed by atoms with E-state index >= 15 is 0 Å². The van der Waals surface area contributed by atoms with Crippen LogP contribution in [0.2, 0.25) is 0 Å². The van der Waals surface area contributed by atoms with Crippen molar-refractivity contribution in [3.05, 3.63) is 0 Å². The highest BCUT2D eigenvalue weighted by Crippen LogP contribution is 2.61. The Bertz CT molecular complexity index is 409. The summed E-state index contributed by atoms with van der Waals surface area (Å²) < 4.78 is 6.48. The molecule has 4 rings (SSSR count). The predicted octanol–water partition coefficient (Wildman–Crippen LogP) is 5.74. The molecule has 4 aliphatic carbocycles. The fraction of sp³-hybridized carbons (Fsp3) is 0.952. The van der Waals surface area contributed by atoms with Crippen LogP contribution in [0.25, 0.3) is 0 Å². The van der Waals surface area contributed by atoms with Crippen molar-refractivity contribution in [2.45, 2.75) is 97.5 Å². The summed E-state index contributed by atoms with van der Waals surface area (Å²) in [6.07, 6.45) is 12.4. The minimum atomic E-state index is -0.341. The molecule has 0 amide bonds. The van der Waals surface area contributed by atoms with Gasteiger partial charge in [0.05, 0.1) is 5.41 Å². The van der Waals surface area contributed by atoms with Gasteiger partial charge in [0, 0.05) is 0 Å². The van der Waals surface area contributed by atoms with E-state index in [1.54, 1.807) is 0 Å². The van der Waals surface area contributed by atoms with Crippen LogP contribution < -0.4 is 0 Å². The highest BCUT2D eigenvalue weighted by molar-refractivity contribution is 5.76. The summed E-state index contributed by atoms with van der Waals surface area (Å²) in [6, 6.07) is 0. The van der Waals surface area contributed by atoms with Gasteiger partial charge in [0.2, 0.25) is 0 Å². The van der Waals surface area contributed by atoms with E-state index in [1.165, 1.54) is 51.4 Å². The van der Waals surface area contributed by atoms with E-state index < -0.39 is 0 Å². The molecule has 4 fully saturated rings. The summed E-state index contributed by atoms with van der Waals surface area (Å²) in [5.74, 6) is 3.20. The SMILES string of the molecule is CCCCCC1(OC(=O)C(C)(C)CC)C2CC3CC(C2)CC1C3. The molecule has 0 saturated heterocycles. The zero-order valence-electron chi connectivity index (χ0n) is 15.7. The molecule has 0 heterocycles. The van der Waals surface area contributed by atoms with Gasteiger partial charge in [-0.05, 0) is 88.9 Å². The molecular formula is C21H36O2. The third-order valence-electron chi connectivity index (χ3n) is 7.41. The van der Waals surface area contributed by atoms with Gasteiger partial charge in [0.1, 0.15) is 5.60 Å². The Morgan fingerprint density at radius 3 is 2.04 bits per heavy atom. The molecule has 23 heavy (non-hydrogen) atoms. The summed E-state index contributed by atoms with van der Waals surface area (Å²) in [4.78, 5) is 12.9. The number of carbonyl (C=O) groups excluding carboxylic acids is 1. The summed E-state index contributed by atoms with van der Waals surface area (Å²) in [7, 11) is 0. The molecule has 132 valence electrons. The van der Waals surface area contributed by atoms with Crippen molar-refractivity contribution in [3.63, 3.8) is 0 Å². The summed E-state index contributed by atoms with van der Waals surface area (Å²) in [5.41, 5.74) is -0.460. The summed E-state index contributed by atoms with van der Waals surface area (Å²) in [6.45, 7) is 8.45. The Morgan fingerprint density at radius 1 is 1.00 bits per heavy atom. The van der Waals surface area contributed by atoms with Crippen molar-refractivity contribution >= 4 is 5.97 Å². The quantitative estimate of drug-likeness (QED) is 0.441. The molecule has 0 aromatic carbocycles. The fourth-order valence-electron chi connectivity index (χ4n) is 5.71. The third-order valence-corrected chi connectivity index (χ3v) is 7.41. The van der Waals surface area contributed by atoms with Gasteiger partial charge < -0.3 is 4.74 Å². The van der Waals surface area contributed by atoms with Gasteiger partial charge >= 0.3 is 5.97 Å². The first-order valence-electron chi connectivity index (χ1n) is 10.1. The van der Waals surface area contributed by atoms with E-state index in [0.29, 0.717) is 11.8 Å². The van der Waals surface area contributed by atoms with Gasteiger partial charge in [0.25, 0.3) is 0 Å². The van der Waals surface area contributed by atoms with Crippen LogP contribution in [0.15, 0.2) is 0 Å². The van der Waals surface area contributed by atoms with Crippen LogP contribution in [0.5, 0.6) is 0 Å². The van der Waals surface area contributed by atoms with E-state index in [2.05, 4.69) is 13.8 Å². The van der Waals surface area contributed by atoms with Crippen molar-refractivity contribution in [3.8, 4) is 0 Å². The van der Waals surface area contributed by atoms with E-state index in [0.717, 1.165) is 24.7 Å². The standard InChI is InChI=1S/C21H36O2/c1-5-7-8-9-21(23-19(22)20(3,4)6-2)17-11-15-10-16(13-17)14-18(21)12-15/h15-18H,5-14H2,1-4H3. The number of carbonyl (C=O) groups is 1. The highest BCUT2D eigenvalue weighted by Gasteiger charge is 2.59. The minimum absolute atomic E-state index is 0.0592. The van der Waals surface area contributed by atoms with Gasteiger partial charge in [-0.25, -0.2) is 0 Å². The number of unbranched alkanes of at least 4 members (excludes halogenated alkanes) is 2. The van der Waals surface area contributed by atoms with Crippen molar-refractivity contribution in [1.82, 2.24) is 0 Å². The minimum Gasteiger partial charge on any atom is -0.458 e. The number of esters is 1. The van der Waals surface area contributed by atoms with E-state index in [1.807, 2.05) is 13.8 Å². The maximum Gasteiger partial charge on any atom is 0.312 e. The highest BCUT2D eigenvalue weighted by atomic mass is 16.6. The lowest BCUT2D eigenvalue weighted by Gasteiger charge is -2.60. The Morgan fingerprint density at radius 2 is 1.57 bits per heavy atom. The Labute approximate surface area is 142 Å². The average Bonchev–Trinajstić information content (AvgIpc) is 2.51. The van der Waals surface area contributed by atoms with E-state index in [9.17, 15) is 4.79 Å². The van der Waals surface area contributed by atoms with Gasteiger partial charge in [-0.2, -0.15) is 0 Å². The van der Waals surface area contributed by atoms with Crippen LogP contribution in [-0.2, 0) is 9.53 Å². The second kappa shape index (κ2) is 6.41. The molecule has 4 bridgehead atoms. The van der Waals surface area contributed by atoms with Crippen LogP contribution in [0.1, 0.15) is 91.9 Å². The Hall–Kier alpha value is -0.530. The zero-order valence-corrected chi connectivity index (χ0v) is 15.7. The van der Waals surface area contributed by atoms with Crippen molar-refractivity contribution in [2.75, 3.05) is 0 Å². The van der Waals surface area contributed by atoms with Crippen LogP contribution in [0.3, 0.4) is 0 Å². The van der Waals surface area contributed by atoms with Crippen LogP contribution in [0.4, 0.5) is 0 Å². The molecule has 2 heteroatoms. The molecule has 4 aliphatic rings. The lowest BCUT2D eigenvalue weighted by Crippen LogP contribution is -2.60. The van der Waals surface area contributed by atoms with Crippen molar-refractivity contribution < 1.29 is 9.53 Å². The first kappa shape index (κ1) is 17.3.